The Bertz CT molecular complexity index is 990. The number of aliphatic hydroxyl groups excluding tert-OH is 1. The topological polar surface area (TPSA) is 66.8 Å². The molecule has 0 spiro atoms. The summed E-state index contributed by atoms with van der Waals surface area (Å²) in [5.74, 6) is -0.621. The van der Waals surface area contributed by atoms with Crippen LogP contribution in [0.3, 0.4) is 0 Å². The van der Waals surface area contributed by atoms with E-state index in [-0.39, 0.29) is 23.7 Å². The van der Waals surface area contributed by atoms with E-state index in [1.54, 1.807) is 13.2 Å². The second-order valence-electron chi connectivity index (χ2n) is 7.87. The van der Waals surface area contributed by atoms with Crippen molar-refractivity contribution >= 4 is 17.4 Å². The van der Waals surface area contributed by atoms with Gasteiger partial charge in [0.25, 0.3) is 5.91 Å². The van der Waals surface area contributed by atoms with Crippen LogP contribution >= 0.6 is 0 Å². The molecule has 0 aromatic heterocycles. The molecule has 2 aromatic rings. The van der Waals surface area contributed by atoms with Crippen molar-refractivity contribution in [2.24, 2.45) is 5.92 Å². The molecular weight excluding hydrogens is 366 g/mol. The Morgan fingerprint density at radius 1 is 1.14 bits per heavy atom. The number of benzene rings is 2. The van der Waals surface area contributed by atoms with Gasteiger partial charge in [-0.15, -0.1) is 0 Å². The SMILES string of the molecule is COc1ccccc1C1C(C(=O)CC(C)C)=C(O)C(=O)N1c1ccc(C)c(C)c1. The van der Waals surface area contributed by atoms with Crippen LogP contribution in [0.25, 0.3) is 0 Å². The van der Waals surface area contributed by atoms with Crippen molar-refractivity contribution in [1.82, 2.24) is 0 Å². The Balaban J connectivity index is 2.21. The number of carbonyl (C=O) groups excluding carboxylic acids is 2. The highest BCUT2D eigenvalue weighted by Crippen LogP contribution is 2.44. The highest BCUT2D eigenvalue weighted by molar-refractivity contribution is 6.16. The van der Waals surface area contributed by atoms with Crippen molar-refractivity contribution in [3.8, 4) is 5.75 Å². The summed E-state index contributed by atoms with van der Waals surface area (Å²) in [6.45, 7) is 7.84. The minimum atomic E-state index is -0.744. The van der Waals surface area contributed by atoms with Gasteiger partial charge in [-0.2, -0.15) is 0 Å². The molecule has 1 aliphatic rings. The van der Waals surface area contributed by atoms with Gasteiger partial charge in [-0.3, -0.25) is 14.5 Å². The molecule has 3 rings (SSSR count). The summed E-state index contributed by atoms with van der Waals surface area (Å²) < 4.78 is 5.51. The van der Waals surface area contributed by atoms with Crippen molar-refractivity contribution in [3.63, 3.8) is 0 Å². The first-order chi connectivity index (χ1) is 13.8. The number of ether oxygens (including phenoxy) is 1. The van der Waals surface area contributed by atoms with Crippen LogP contribution in [0.5, 0.6) is 5.75 Å². The summed E-state index contributed by atoms with van der Waals surface area (Å²) in [7, 11) is 1.55. The fourth-order valence-corrected chi connectivity index (χ4v) is 3.70. The van der Waals surface area contributed by atoms with Crippen LogP contribution in [-0.2, 0) is 9.59 Å². The molecule has 0 bridgehead atoms. The first-order valence-electron chi connectivity index (χ1n) is 9.76. The molecule has 1 aliphatic heterocycles. The van der Waals surface area contributed by atoms with Crippen LogP contribution in [0.1, 0.15) is 43.0 Å². The quantitative estimate of drug-likeness (QED) is 0.763. The molecule has 0 saturated heterocycles. The van der Waals surface area contributed by atoms with E-state index in [2.05, 4.69) is 0 Å². The number of hydrogen-bond donors (Lipinski definition) is 1. The first kappa shape index (κ1) is 20.6. The van der Waals surface area contributed by atoms with E-state index >= 15 is 0 Å². The number of aliphatic hydroxyl groups is 1. The summed E-state index contributed by atoms with van der Waals surface area (Å²) >= 11 is 0. The van der Waals surface area contributed by atoms with Crippen LogP contribution in [0.15, 0.2) is 53.8 Å². The van der Waals surface area contributed by atoms with E-state index in [9.17, 15) is 14.7 Å². The van der Waals surface area contributed by atoms with Gasteiger partial charge in [0.1, 0.15) is 5.75 Å². The molecule has 152 valence electrons. The molecule has 29 heavy (non-hydrogen) atoms. The number of amides is 1. The average Bonchev–Trinajstić information content (AvgIpc) is 2.94. The first-order valence-corrected chi connectivity index (χ1v) is 9.76. The highest BCUT2D eigenvalue weighted by atomic mass is 16.5. The molecule has 0 fully saturated rings. The zero-order valence-corrected chi connectivity index (χ0v) is 17.5. The number of methoxy groups -OCH3 is 1. The van der Waals surface area contributed by atoms with Gasteiger partial charge in [0.2, 0.25) is 0 Å². The Labute approximate surface area is 171 Å². The predicted octanol–water partition coefficient (Wildman–Crippen LogP) is 4.83. The van der Waals surface area contributed by atoms with Crippen LogP contribution in [0.2, 0.25) is 0 Å². The minimum absolute atomic E-state index is 0.104. The third-order valence-corrected chi connectivity index (χ3v) is 5.30. The maximum atomic E-state index is 13.1. The molecule has 1 atom stereocenters. The number of anilines is 1. The number of hydrogen-bond acceptors (Lipinski definition) is 4. The number of Topliss-reactive ketones (excluding diaryl/α,β-unsaturated/α-hetero) is 1. The zero-order chi connectivity index (χ0) is 21.3. The number of ketones is 1. The summed E-state index contributed by atoms with van der Waals surface area (Å²) in [5.41, 5.74) is 3.55. The number of carbonyl (C=O) groups is 2. The molecule has 2 aromatic carbocycles. The van der Waals surface area contributed by atoms with Gasteiger partial charge in [0.05, 0.1) is 18.7 Å². The Kier molecular flexibility index (Phi) is 5.78. The molecule has 1 N–H and O–H groups in total. The fourth-order valence-electron chi connectivity index (χ4n) is 3.70. The molecule has 0 saturated carbocycles. The fraction of sp³-hybridized carbons (Fsp3) is 0.333. The van der Waals surface area contributed by atoms with Crippen molar-refractivity contribution in [1.29, 1.82) is 0 Å². The van der Waals surface area contributed by atoms with Gasteiger partial charge in [0.15, 0.2) is 11.5 Å². The van der Waals surface area contributed by atoms with Gasteiger partial charge in [0, 0.05) is 17.7 Å². The predicted molar refractivity (Wildman–Crippen MR) is 113 cm³/mol. The van der Waals surface area contributed by atoms with Crippen LogP contribution < -0.4 is 9.64 Å². The summed E-state index contributed by atoms with van der Waals surface area (Å²) in [4.78, 5) is 27.7. The molecule has 1 heterocycles. The van der Waals surface area contributed by atoms with E-state index in [1.807, 2.05) is 64.1 Å². The smallest absolute Gasteiger partial charge is 0.294 e. The van der Waals surface area contributed by atoms with Crippen molar-refractivity contribution in [2.45, 2.75) is 40.2 Å². The third-order valence-electron chi connectivity index (χ3n) is 5.30. The highest BCUT2D eigenvalue weighted by Gasteiger charge is 2.45. The molecule has 5 nitrogen and oxygen atoms in total. The van der Waals surface area contributed by atoms with Crippen molar-refractivity contribution in [3.05, 3.63) is 70.5 Å². The number of para-hydroxylation sites is 1. The second-order valence-corrected chi connectivity index (χ2v) is 7.87. The van der Waals surface area contributed by atoms with Crippen molar-refractivity contribution in [2.75, 3.05) is 12.0 Å². The van der Waals surface area contributed by atoms with Gasteiger partial charge < -0.3 is 9.84 Å². The summed E-state index contributed by atoms with van der Waals surface area (Å²) in [5, 5.41) is 10.7. The number of rotatable bonds is 6. The van der Waals surface area contributed by atoms with Gasteiger partial charge in [-0.25, -0.2) is 0 Å². The Morgan fingerprint density at radius 2 is 1.83 bits per heavy atom. The maximum Gasteiger partial charge on any atom is 0.294 e. The lowest BCUT2D eigenvalue weighted by Gasteiger charge is -2.28. The van der Waals surface area contributed by atoms with E-state index in [1.165, 1.54) is 4.90 Å². The molecular formula is C24H27NO4. The van der Waals surface area contributed by atoms with Gasteiger partial charge in [-0.1, -0.05) is 38.1 Å². The Morgan fingerprint density at radius 3 is 2.45 bits per heavy atom. The van der Waals surface area contributed by atoms with E-state index in [4.69, 9.17) is 4.74 Å². The van der Waals surface area contributed by atoms with E-state index < -0.39 is 17.7 Å². The number of aryl methyl sites for hydroxylation is 2. The lowest BCUT2D eigenvalue weighted by Crippen LogP contribution is -2.31. The standard InChI is InChI=1S/C24H27NO4/c1-14(2)12-19(26)21-22(18-8-6-7-9-20(18)29-5)25(24(28)23(21)27)17-11-10-15(3)16(4)13-17/h6-11,13-14,22,27H,12H2,1-5H3. The monoisotopic (exact) mass is 393 g/mol. The maximum absolute atomic E-state index is 13.1. The minimum Gasteiger partial charge on any atom is -0.503 e. The number of nitrogens with zero attached hydrogens (tertiary/aromatic N) is 1. The third kappa shape index (κ3) is 3.77. The molecule has 1 amide bonds. The Hall–Kier alpha value is -3.08. The van der Waals surface area contributed by atoms with E-state index in [0.717, 1.165) is 11.1 Å². The lowest BCUT2D eigenvalue weighted by molar-refractivity contribution is -0.118. The van der Waals surface area contributed by atoms with Crippen LogP contribution in [0.4, 0.5) is 5.69 Å². The van der Waals surface area contributed by atoms with E-state index in [0.29, 0.717) is 17.0 Å². The average molecular weight is 393 g/mol. The molecule has 1 unspecified atom stereocenters. The van der Waals surface area contributed by atoms with Crippen LogP contribution in [0, 0.1) is 19.8 Å². The molecule has 5 heteroatoms. The summed E-state index contributed by atoms with van der Waals surface area (Å²) in [6.07, 6.45) is 0.249. The van der Waals surface area contributed by atoms with Crippen molar-refractivity contribution < 1.29 is 19.4 Å². The molecule has 0 aliphatic carbocycles. The van der Waals surface area contributed by atoms with Gasteiger partial charge >= 0.3 is 0 Å². The normalized spacial score (nSPS) is 16.7. The summed E-state index contributed by atoms with van der Waals surface area (Å²) in [6, 6.07) is 12.2. The largest absolute Gasteiger partial charge is 0.503 e. The lowest BCUT2D eigenvalue weighted by atomic mass is 9.91. The second kappa shape index (κ2) is 8.11. The molecule has 0 radical (unpaired) electrons. The van der Waals surface area contributed by atoms with Crippen LogP contribution in [-0.4, -0.2) is 23.9 Å². The zero-order valence-electron chi connectivity index (χ0n) is 17.5. The van der Waals surface area contributed by atoms with Gasteiger partial charge in [-0.05, 0) is 49.1 Å².